The lowest BCUT2D eigenvalue weighted by Crippen LogP contribution is -2.15. The third kappa shape index (κ3) is 3.60. The molecule has 0 saturated heterocycles. The van der Waals surface area contributed by atoms with Gasteiger partial charge in [-0.2, -0.15) is 0 Å². The zero-order chi connectivity index (χ0) is 16.9. The lowest BCUT2D eigenvalue weighted by atomic mass is 10.1. The topological polar surface area (TPSA) is 54.9 Å². The summed E-state index contributed by atoms with van der Waals surface area (Å²) >= 11 is 1.40. The smallest absolute Gasteiger partial charge is 0.259 e. The van der Waals surface area contributed by atoms with E-state index in [4.69, 9.17) is 0 Å². The molecule has 120 valence electrons. The van der Waals surface area contributed by atoms with Gasteiger partial charge in [0.2, 0.25) is 0 Å². The molecule has 4 nitrogen and oxygen atoms in total. The number of carbonyl (C=O) groups is 1. The third-order valence-corrected chi connectivity index (χ3v) is 3.89. The molecule has 0 fully saturated rings. The van der Waals surface area contributed by atoms with Crippen LogP contribution >= 0.6 is 11.8 Å². The summed E-state index contributed by atoms with van der Waals surface area (Å²) in [6, 6.07) is 15.2. The molecule has 1 amide bonds. The summed E-state index contributed by atoms with van der Waals surface area (Å²) in [7, 11) is 0. The number of hydrogen-bond acceptors (Lipinski definition) is 4. The molecule has 0 bridgehead atoms. The van der Waals surface area contributed by atoms with Gasteiger partial charge in [0.15, 0.2) is 5.16 Å². The van der Waals surface area contributed by atoms with Crippen molar-refractivity contribution in [1.29, 1.82) is 0 Å². The van der Waals surface area contributed by atoms with Crippen LogP contribution in [-0.2, 0) is 0 Å². The van der Waals surface area contributed by atoms with Gasteiger partial charge < -0.3 is 5.32 Å². The molecule has 6 heteroatoms. The maximum Gasteiger partial charge on any atom is 0.259 e. The van der Waals surface area contributed by atoms with Gasteiger partial charge in [0, 0.05) is 17.4 Å². The Balaban J connectivity index is 1.99. The maximum atomic E-state index is 13.3. The van der Waals surface area contributed by atoms with E-state index in [1.54, 1.807) is 6.07 Å². The molecule has 3 aromatic rings. The highest BCUT2D eigenvalue weighted by molar-refractivity contribution is 7.98. The molecule has 0 atom stereocenters. The summed E-state index contributed by atoms with van der Waals surface area (Å²) in [5, 5.41) is 3.26. The van der Waals surface area contributed by atoms with Gasteiger partial charge in [0.25, 0.3) is 5.91 Å². The quantitative estimate of drug-likeness (QED) is 0.570. The number of nitrogens with zero attached hydrogens (tertiary/aromatic N) is 2. The molecule has 0 aliphatic rings. The van der Waals surface area contributed by atoms with Crippen molar-refractivity contribution in [2.24, 2.45) is 0 Å². The van der Waals surface area contributed by atoms with Crippen LogP contribution in [0.25, 0.3) is 11.3 Å². The van der Waals surface area contributed by atoms with Crippen molar-refractivity contribution in [3.8, 4) is 11.3 Å². The number of amides is 1. The highest BCUT2D eigenvalue weighted by atomic mass is 32.2. The van der Waals surface area contributed by atoms with Crippen LogP contribution in [0.5, 0.6) is 0 Å². The Morgan fingerprint density at radius 1 is 1.12 bits per heavy atom. The lowest BCUT2D eigenvalue weighted by molar-refractivity contribution is 0.102. The number of benzene rings is 2. The summed E-state index contributed by atoms with van der Waals surface area (Å²) < 4.78 is 13.3. The number of nitrogens with one attached hydrogen (secondary N) is 1. The molecule has 0 aliphatic heterocycles. The van der Waals surface area contributed by atoms with Crippen molar-refractivity contribution < 1.29 is 9.18 Å². The zero-order valence-corrected chi connectivity index (χ0v) is 13.7. The van der Waals surface area contributed by atoms with Gasteiger partial charge in [-0.05, 0) is 24.5 Å². The Labute approximate surface area is 143 Å². The number of rotatable bonds is 4. The fourth-order valence-corrected chi connectivity index (χ4v) is 2.55. The molecule has 1 N–H and O–H groups in total. The number of anilines is 1. The minimum Gasteiger partial charge on any atom is -0.322 e. The second-order valence-electron chi connectivity index (χ2n) is 4.95. The summed E-state index contributed by atoms with van der Waals surface area (Å²) in [5.74, 6) is -0.794. The van der Waals surface area contributed by atoms with E-state index in [9.17, 15) is 9.18 Å². The van der Waals surface area contributed by atoms with Crippen LogP contribution in [0.1, 0.15) is 10.4 Å². The van der Waals surface area contributed by atoms with E-state index >= 15 is 0 Å². The summed E-state index contributed by atoms with van der Waals surface area (Å²) in [4.78, 5) is 21.2. The number of aromatic nitrogens is 2. The number of halogens is 1. The first-order valence-electron chi connectivity index (χ1n) is 7.21. The van der Waals surface area contributed by atoms with E-state index in [2.05, 4.69) is 15.3 Å². The van der Waals surface area contributed by atoms with E-state index in [1.807, 2.05) is 36.6 Å². The number of hydrogen-bond donors (Lipinski definition) is 1. The Kier molecular flexibility index (Phi) is 4.86. The van der Waals surface area contributed by atoms with Gasteiger partial charge in [0.1, 0.15) is 5.82 Å². The van der Waals surface area contributed by atoms with Crippen molar-refractivity contribution in [2.45, 2.75) is 5.16 Å². The molecule has 0 unspecified atom stereocenters. The largest absolute Gasteiger partial charge is 0.322 e. The van der Waals surface area contributed by atoms with Crippen LogP contribution in [0, 0.1) is 5.82 Å². The number of carbonyl (C=O) groups excluding carboxylic acids is 1. The molecule has 0 radical (unpaired) electrons. The third-order valence-electron chi connectivity index (χ3n) is 3.32. The van der Waals surface area contributed by atoms with Crippen molar-refractivity contribution in [2.75, 3.05) is 11.6 Å². The predicted molar refractivity (Wildman–Crippen MR) is 93.6 cm³/mol. The van der Waals surface area contributed by atoms with Crippen LogP contribution < -0.4 is 5.32 Å². The minimum absolute atomic E-state index is 0.336. The first kappa shape index (κ1) is 16.1. The van der Waals surface area contributed by atoms with Crippen LogP contribution in [0.2, 0.25) is 0 Å². The van der Waals surface area contributed by atoms with Gasteiger partial charge >= 0.3 is 0 Å². The van der Waals surface area contributed by atoms with Crippen LogP contribution in [0.4, 0.5) is 10.1 Å². The van der Waals surface area contributed by atoms with E-state index in [1.165, 1.54) is 36.2 Å². The van der Waals surface area contributed by atoms with E-state index in [0.29, 0.717) is 22.1 Å². The van der Waals surface area contributed by atoms with Gasteiger partial charge in [-0.25, -0.2) is 14.4 Å². The normalized spacial score (nSPS) is 10.4. The van der Waals surface area contributed by atoms with Gasteiger partial charge in [-0.3, -0.25) is 4.79 Å². The molecule has 3 rings (SSSR count). The van der Waals surface area contributed by atoms with Crippen LogP contribution in [0.3, 0.4) is 0 Å². The standard InChI is InChI=1S/C18H14FN3OS/c1-24-18-20-11-15(16(22-18)12-6-3-2-4-7-12)17(23)21-14-9-5-8-13(19)10-14/h2-11H,1H3,(H,21,23). The van der Waals surface area contributed by atoms with Crippen molar-refractivity contribution >= 4 is 23.4 Å². The summed E-state index contributed by atoms with van der Waals surface area (Å²) in [6.45, 7) is 0. The second-order valence-corrected chi connectivity index (χ2v) is 5.72. The van der Waals surface area contributed by atoms with Crippen molar-refractivity contribution in [1.82, 2.24) is 9.97 Å². The van der Waals surface area contributed by atoms with Crippen molar-refractivity contribution in [3.63, 3.8) is 0 Å². The number of thioether (sulfide) groups is 1. The fraction of sp³-hybridized carbons (Fsp3) is 0.0556. The van der Waals surface area contributed by atoms with E-state index in [0.717, 1.165) is 5.56 Å². The lowest BCUT2D eigenvalue weighted by Gasteiger charge is -2.10. The van der Waals surface area contributed by atoms with Gasteiger partial charge in [-0.15, -0.1) is 0 Å². The summed E-state index contributed by atoms with van der Waals surface area (Å²) in [6.07, 6.45) is 3.37. The minimum atomic E-state index is -0.412. The van der Waals surface area contributed by atoms with Gasteiger partial charge in [0.05, 0.1) is 11.3 Å². The Bertz CT molecular complexity index is 871. The highest BCUT2D eigenvalue weighted by Crippen LogP contribution is 2.24. The molecule has 2 aromatic carbocycles. The van der Waals surface area contributed by atoms with Gasteiger partial charge in [-0.1, -0.05) is 48.2 Å². The van der Waals surface area contributed by atoms with Crippen molar-refractivity contribution in [3.05, 3.63) is 72.2 Å². The molecule has 0 spiro atoms. The Morgan fingerprint density at radius 3 is 2.62 bits per heavy atom. The van der Waals surface area contributed by atoms with Crippen LogP contribution in [-0.4, -0.2) is 22.1 Å². The maximum absolute atomic E-state index is 13.3. The van der Waals surface area contributed by atoms with Crippen LogP contribution in [0.15, 0.2) is 66.0 Å². The zero-order valence-electron chi connectivity index (χ0n) is 12.9. The molecular formula is C18H14FN3OS. The van der Waals surface area contributed by atoms with E-state index in [-0.39, 0.29) is 5.91 Å². The molecule has 1 heterocycles. The monoisotopic (exact) mass is 339 g/mol. The van der Waals surface area contributed by atoms with E-state index < -0.39 is 5.82 Å². The summed E-state index contributed by atoms with van der Waals surface area (Å²) in [5.41, 5.74) is 2.08. The molecule has 0 aliphatic carbocycles. The molecule has 24 heavy (non-hydrogen) atoms. The average molecular weight is 339 g/mol. The predicted octanol–water partition coefficient (Wildman–Crippen LogP) is 4.26. The molecule has 1 aromatic heterocycles. The highest BCUT2D eigenvalue weighted by Gasteiger charge is 2.16. The molecule has 0 saturated carbocycles. The second kappa shape index (κ2) is 7.23. The Morgan fingerprint density at radius 2 is 1.92 bits per heavy atom. The Hall–Kier alpha value is -2.73. The fourth-order valence-electron chi connectivity index (χ4n) is 2.21. The molecular weight excluding hydrogens is 325 g/mol. The first-order valence-corrected chi connectivity index (χ1v) is 8.43. The SMILES string of the molecule is CSc1ncc(C(=O)Nc2cccc(F)c2)c(-c2ccccc2)n1. The average Bonchev–Trinajstić information content (AvgIpc) is 2.62. The first-order chi connectivity index (χ1) is 11.7.